The van der Waals surface area contributed by atoms with E-state index in [0.29, 0.717) is 0 Å². The summed E-state index contributed by atoms with van der Waals surface area (Å²) in [6, 6.07) is 1.00. The van der Waals surface area contributed by atoms with Gasteiger partial charge in [-0.2, -0.15) is 0 Å². The number of aromatic nitrogens is 1. The van der Waals surface area contributed by atoms with Crippen LogP contribution in [0.1, 0.15) is 46.7 Å². The third-order valence-corrected chi connectivity index (χ3v) is 2.13. The number of hydrogen-bond donors (Lipinski definition) is 0. The first-order valence-corrected chi connectivity index (χ1v) is 5.63. The van der Waals surface area contributed by atoms with Gasteiger partial charge in [0.25, 0.3) is 6.43 Å². The van der Waals surface area contributed by atoms with Crippen molar-refractivity contribution in [2.75, 3.05) is 13.2 Å². The van der Waals surface area contributed by atoms with E-state index in [1.165, 1.54) is 0 Å². The minimum atomic E-state index is -2.93. The molecule has 104 valence electrons. The smallest absolute Gasteiger partial charge is 0.340 e. The van der Waals surface area contributed by atoms with Gasteiger partial charge in [-0.25, -0.2) is 18.4 Å². The van der Waals surface area contributed by atoms with E-state index < -0.39 is 29.6 Å². The number of pyridine rings is 1. The zero-order chi connectivity index (χ0) is 14.4. The fourth-order valence-corrected chi connectivity index (χ4v) is 1.35. The van der Waals surface area contributed by atoms with E-state index in [1.807, 2.05) is 0 Å². The minimum Gasteiger partial charge on any atom is -0.462 e. The molecule has 0 aliphatic heterocycles. The second-order valence-corrected chi connectivity index (χ2v) is 3.40. The van der Waals surface area contributed by atoms with Crippen molar-refractivity contribution in [1.82, 2.24) is 4.98 Å². The highest BCUT2D eigenvalue weighted by atomic mass is 19.3. The highest BCUT2D eigenvalue weighted by molar-refractivity contribution is 5.95. The normalized spacial score (nSPS) is 10.4. The second kappa shape index (κ2) is 6.77. The van der Waals surface area contributed by atoms with Crippen LogP contribution in [0.2, 0.25) is 0 Å². The summed E-state index contributed by atoms with van der Waals surface area (Å²) in [5, 5.41) is 0. The van der Waals surface area contributed by atoms with Crippen LogP contribution in [0.4, 0.5) is 8.78 Å². The Kier molecular flexibility index (Phi) is 5.35. The Labute approximate surface area is 108 Å². The van der Waals surface area contributed by atoms with Crippen LogP contribution < -0.4 is 0 Å². The molecular formula is C12H13F2NO4. The molecule has 1 heterocycles. The molecule has 1 rings (SSSR count). The molecule has 0 atom stereocenters. The van der Waals surface area contributed by atoms with Gasteiger partial charge in [-0.05, 0) is 19.9 Å². The number of rotatable bonds is 5. The van der Waals surface area contributed by atoms with Crippen molar-refractivity contribution < 1.29 is 27.8 Å². The zero-order valence-corrected chi connectivity index (χ0v) is 10.5. The summed E-state index contributed by atoms with van der Waals surface area (Å²) in [6.45, 7) is 3.31. The van der Waals surface area contributed by atoms with Gasteiger partial charge in [-0.1, -0.05) is 0 Å². The SMILES string of the molecule is CCOC(=O)c1cnc(C(F)F)c(C(=O)OCC)c1. The summed E-state index contributed by atoms with van der Waals surface area (Å²) < 4.78 is 34.8. The van der Waals surface area contributed by atoms with Crippen LogP contribution in [0.3, 0.4) is 0 Å². The molecule has 0 bridgehead atoms. The van der Waals surface area contributed by atoms with Crippen molar-refractivity contribution in [1.29, 1.82) is 0 Å². The van der Waals surface area contributed by atoms with E-state index in [4.69, 9.17) is 4.74 Å². The summed E-state index contributed by atoms with van der Waals surface area (Å²) >= 11 is 0. The maximum Gasteiger partial charge on any atom is 0.340 e. The predicted octanol–water partition coefficient (Wildman–Crippen LogP) is 2.37. The van der Waals surface area contributed by atoms with Gasteiger partial charge in [0, 0.05) is 6.20 Å². The Morgan fingerprint density at radius 3 is 2.32 bits per heavy atom. The first-order valence-electron chi connectivity index (χ1n) is 5.63. The fraction of sp³-hybridized carbons (Fsp3) is 0.417. The van der Waals surface area contributed by atoms with E-state index in [-0.39, 0.29) is 18.8 Å². The van der Waals surface area contributed by atoms with Gasteiger partial charge in [0.15, 0.2) is 0 Å². The van der Waals surface area contributed by atoms with Crippen LogP contribution >= 0.6 is 0 Å². The van der Waals surface area contributed by atoms with Crippen molar-refractivity contribution >= 4 is 11.9 Å². The van der Waals surface area contributed by atoms with Crippen molar-refractivity contribution in [2.24, 2.45) is 0 Å². The molecule has 0 aromatic carbocycles. The quantitative estimate of drug-likeness (QED) is 0.770. The molecule has 1 aromatic rings. The summed E-state index contributed by atoms with van der Waals surface area (Å²) in [6.07, 6.45) is -1.99. The number of nitrogens with zero attached hydrogens (tertiary/aromatic N) is 1. The van der Waals surface area contributed by atoms with Crippen LogP contribution in [-0.4, -0.2) is 30.1 Å². The lowest BCUT2D eigenvalue weighted by atomic mass is 10.1. The predicted molar refractivity (Wildman–Crippen MR) is 61.1 cm³/mol. The topological polar surface area (TPSA) is 65.5 Å². The number of halogens is 2. The molecule has 0 amide bonds. The lowest BCUT2D eigenvalue weighted by molar-refractivity contribution is 0.0512. The molecule has 5 nitrogen and oxygen atoms in total. The average Bonchev–Trinajstić information content (AvgIpc) is 2.38. The van der Waals surface area contributed by atoms with Crippen molar-refractivity contribution in [2.45, 2.75) is 20.3 Å². The summed E-state index contributed by atoms with van der Waals surface area (Å²) in [7, 11) is 0. The van der Waals surface area contributed by atoms with E-state index >= 15 is 0 Å². The average molecular weight is 273 g/mol. The second-order valence-electron chi connectivity index (χ2n) is 3.40. The Hall–Kier alpha value is -2.05. The Morgan fingerprint density at radius 1 is 1.21 bits per heavy atom. The summed E-state index contributed by atoms with van der Waals surface area (Å²) in [5.74, 6) is -1.68. The van der Waals surface area contributed by atoms with Crippen LogP contribution in [0.5, 0.6) is 0 Å². The van der Waals surface area contributed by atoms with Gasteiger partial charge < -0.3 is 9.47 Å². The number of carbonyl (C=O) groups excluding carboxylic acids is 2. The van der Waals surface area contributed by atoms with E-state index in [2.05, 4.69) is 9.72 Å². The van der Waals surface area contributed by atoms with Crippen LogP contribution in [0.25, 0.3) is 0 Å². The van der Waals surface area contributed by atoms with Crippen molar-refractivity contribution in [3.8, 4) is 0 Å². The standard InChI is InChI=1S/C12H13F2NO4/c1-3-18-11(16)7-5-8(12(17)19-4-2)9(10(13)14)15-6-7/h5-6,10H,3-4H2,1-2H3. The highest BCUT2D eigenvalue weighted by Crippen LogP contribution is 2.22. The van der Waals surface area contributed by atoms with Gasteiger partial charge in [0.05, 0.1) is 24.3 Å². The number of ether oxygens (including phenoxy) is 2. The Bertz CT molecular complexity index is 477. The molecule has 0 aliphatic carbocycles. The molecule has 7 heteroatoms. The Morgan fingerprint density at radius 2 is 1.79 bits per heavy atom. The maximum atomic E-state index is 12.7. The zero-order valence-electron chi connectivity index (χ0n) is 10.5. The van der Waals surface area contributed by atoms with Crippen LogP contribution in [0.15, 0.2) is 12.3 Å². The third kappa shape index (κ3) is 3.70. The van der Waals surface area contributed by atoms with Gasteiger partial charge in [-0.3, -0.25) is 4.98 Å². The molecule has 0 N–H and O–H groups in total. The van der Waals surface area contributed by atoms with Crippen molar-refractivity contribution in [3.05, 3.63) is 29.1 Å². The monoisotopic (exact) mass is 273 g/mol. The van der Waals surface area contributed by atoms with Crippen molar-refractivity contribution in [3.63, 3.8) is 0 Å². The van der Waals surface area contributed by atoms with Gasteiger partial charge >= 0.3 is 11.9 Å². The van der Waals surface area contributed by atoms with Crippen LogP contribution in [-0.2, 0) is 9.47 Å². The number of alkyl halides is 2. The van der Waals surface area contributed by atoms with Gasteiger partial charge in [0.1, 0.15) is 5.69 Å². The molecule has 0 aliphatic rings. The third-order valence-electron chi connectivity index (χ3n) is 2.13. The summed E-state index contributed by atoms with van der Waals surface area (Å²) in [5.41, 5.74) is -1.22. The van der Waals surface area contributed by atoms with E-state index in [0.717, 1.165) is 12.3 Å². The first-order chi connectivity index (χ1) is 9.01. The molecule has 0 saturated carbocycles. The molecule has 0 fully saturated rings. The van der Waals surface area contributed by atoms with E-state index in [1.54, 1.807) is 13.8 Å². The van der Waals surface area contributed by atoms with Crippen LogP contribution in [0, 0.1) is 0 Å². The summed E-state index contributed by atoms with van der Waals surface area (Å²) in [4.78, 5) is 26.4. The van der Waals surface area contributed by atoms with Gasteiger partial charge in [0.2, 0.25) is 0 Å². The molecule has 19 heavy (non-hydrogen) atoms. The Balaban J connectivity index is 3.18. The molecular weight excluding hydrogens is 260 g/mol. The lowest BCUT2D eigenvalue weighted by Gasteiger charge is -2.09. The largest absolute Gasteiger partial charge is 0.462 e. The lowest BCUT2D eigenvalue weighted by Crippen LogP contribution is -2.13. The number of carbonyl (C=O) groups is 2. The molecule has 0 saturated heterocycles. The van der Waals surface area contributed by atoms with Gasteiger partial charge in [-0.15, -0.1) is 0 Å². The molecule has 0 unspecified atom stereocenters. The number of esters is 2. The maximum absolute atomic E-state index is 12.7. The molecule has 0 spiro atoms. The first kappa shape index (κ1) is 15.0. The van der Waals surface area contributed by atoms with E-state index in [9.17, 15) is 18.4 Å². The fourth-order valence-electron chi connectivity index (χ4n) is 1.35. The highest BCUT2D eigenvalue weighted by Gasteiger charge is 2.23. The minimum absolute atomic E-state index is 0.0329. The number of hydrogen-bond acceptors (Lipinski definition) is 5. The molecule has 0 radical (unpaired) electrons. The molecule has 1 aromatic heterocycles.